The molecule has 1 aromatic rings. The van der Waals surface area contributed by atoms with E-state index in [2.05, 4.69) is 0 Å². The summed E-state index contributed by atoms with van der Waals surface area (Å²) in [5.41, 5.74) is 0.950. The summed E-state index contributed by atoms with van der Waals surface area (Å²) in [5, 5.41) is 0. The summed E-state index contributed by atoms with van der Waals surface area (Å²) < 4.78 is 45.1. The molecule has 0 saturated carbocycles. The smallest absolute Gasteiger partial charge is 0.410 e. The minimum Gasteiger partial charge on any atom is -0.445 e. The molecule has 31 heavy (non-hydrogen) atoms. The number of hydrogen-bond donors (Lipinski definition) is 0. The number of piperidine rings is 1. The summed E-state index contributed by atoms with van der Waals surface area (Å²) in [4.78, 5) is 14.1. The summed E-state index contributed by atoms with van der Waals surface area (Å²) in [7, 11) is -3.53. The Bertz CT molecular complexity index is 772. The Kier molecular flexibility index (Phi) is 9.13. The lowest BCUT2D eigenvalue weighted by Gasteiger charge is -2.36. The van der Waals surface area contributed by atoms with Gasteiger partial charge in [0.15, 0.2) is 6.29 Å². The largest absolute Gasteiger partial charge is 0.445 e. The van der Waals surface area contributed by atoms with Crippen LogP contribution in [0, 0.1) is 11.8 Å². The van der Waals surface area contributed by atoms with Crippen LogP contribution in [0.15, 0.2) is 30.3 Å². The van der Waals surface area contributed by atoms with E-state index in [1.807, 2.05) is 30.3 Å². The fraction of sp³-hybridized carbons (Fsp3) is 0.682. The zero-order valence-electron chi connectivity index (χ0n) is 18.1. The highest BCUT2D eigenvalue weighted by molar-refractivity contribution is 7.85. The van der Waals surface area contributed by atoms with Crippen LogP contribution in [0.3, 0.4) is 0 Å². The zero-order valence-corrected chi connectivity index (χ0v) is 18.9. The van der Waals surface area contributed by atoms with E-state index in [1.54, 1.807) is 4.90 Å². The second kappa shape index (κ2) is 11.8. The second-order valence-electron chi connectivity index (χ2n) is 8.24. The minimum atomic E-state index is -3.53. The number of carbonyl (C=O) groups excluding carboxylic acids is 1. The number of ether oxygens (including phenoxy) is 3. The molecule has 0 spiro atoms. The number of benzene rings is 1. The Balaban J connectivity index is 1.47. The maximum atomic E-state index is 12.4. The van der Waals surface area contributed by atoms with Crippen LogP contribution in [0.2, 0.25) is 0 Å². The number of likely N-dealkylation sites (tertiary alicyclic amines) is 1. The molecule has 1 aromatic carbocycles. The fourth-order valence-electron chi connectivity index (χ4n) is 3.97. The van der Waals surface area contributed by atoms with Gasteiger partial charge < -0.3 is 19.1 Å². The first-order valence-electron chi connectivity index (χ1n) is 10.9. The molecule has 0 aromatic heterocycles. The molecule has 2 saturated heterocycles. The maximum Gasteiger partial charge on any atom is 0.410 e. The number of amides is 1. The highest BCUT2D eigenvalue weighted by Crippen LogP contribution is 2.28. The Morgan fingerprint density at radius 3 is 2.52 bits per heavy atom. The van der Waals surface area contributed by atoms with E-state index in [-0.39, 0.29) is 37.4 Å². The third kappa shape index (κ3) is 8.40. The van der Waals surface area contributed by atoms with E-state index in [0.717, 1.165) is 43.9 Å². The second-order valence-corrected chi connectivity index (χ2v) is 9.89. The standard InChI is InChI=1S/C22H33NO7S/c1-31(25,26)30-17-20(16-28-21-9-5-6-14-27-21)19-10-12-23(13-11-19)22(24)29-15-18-7-3-2-4-8-18/h2-4,7-8,19-21H,5-6,9-17H2,1H3/t20-,21?/m1/s1. The van der Waals surface area contributed by atoms with Crippen molar-refractivity contribution < 1.29 is 31.6 Å². The van der Waals surface area contributed by atoms with Crippen LogP contribution in [0.5, 0.6) is 0 Å². The Labute approximate surface area is 184 Å². The fourth-order valence-corrected chi connectivity index (χ4v) is 4.39. The topological polar surface area (TPSA) is 91.4 Å². The maximum absolute atomic E-state index is 12.4. The predicted molar refractivity (Wildman–Crippen MR) is 115 cm³/mol. The van der Waals surface area contributed by atoms with Gasteiger partial charge in [-0.3, -0.25) is 4.18 Å². The highest BCUT2D eigenvalue weighted by Gasteiger charge is 2.31. The Hall–Kier alpha value is -1.68. The molecule has 0 aliphatic carbocycles. The Morgan fingerprint density at radius 1 is 1.13 bits per heavy atom. The van der Waals surface area contributed by atoms with E-state index in [9.17, 15) is 13.2 Å². The van der Waals surface area contributed by atoms with Gasteiger partial charge in [-0.2, -0.15) is 8.42 Å². The molecule has 174 valence electrons. The molecule has 8 nitrogen and oxygen atoms in total. The molecule has 0 bridgehead atoms. The molecule has 0 N–H and O–H groups in total. The molecule has 0 radical (unpaired) electrons. The van der Waals surface area contributed by atoms with Crippen LogP contribution in [-0.4, -0.2) is 64.9 Å². The van der Waals surface area contributed by atoms with Crippen molar-refractivity contribution in [1.29, 1.82) is 0 Å². The van der Waals surface area contributed by atoms with Crippen LogP contribution in [0.1, 0.15) is 37.7 Å². The first-order valence-corrected chi connectivity index (χ1v) is 12.8. The SMILES string of the molecule is CS(=O)(=O)OC[C@@H](COC1CCCCO1)C1CCN(C(=O)OCc2ccccc2)CC1. The van der Waals surface area contributed by atoms with Crippen molar-refractivity contribution in [3.63, 3.8) is 0 Å². The van der Waals surface area contributed by atoms with Crippen LogP contribution in [0.4, 0.5) is 4.79 Å². The molecule has 2 fully saturated rings. The van der Waals surface area contributed by atoms with Gasteiger partial charge in [-0.1, -0.05) is 30.3 Å². The molecule has 2 aliphatic heterocycles. The van der Waals surface area contributed by atoms with Crippen LogP contribution < -0.4 is 0 Å². The lowest BCUT2D eigenvalue weighted by Crippen LogP contribution is -2.42. The predicted octanol–water partition coefficient (Wildman–Crippen LogP) is 3.17. The third-order valence-electron chi connectivity index (χ3n) is 5.80. The van der Waals surface area contributed by atoms with Crippen molar-refractivity contribution >= 4 is 16.2 Å². The molecular formula is C22H33NO7S. The average molecular weight is 456 g/mol. The lowest BCUT2D eigenvalue weighted by atomic mass is 9.85. The molecule has 1 amide bonds. The molecule has 2 heterocycles. The Morgan fingerprint density at radius 2 is 1.87 bits per heavy atom. The molecule has 1 unspecified atom stereocenters. The van der Waals surface area contributed by atoms with Crippen molar-refractivity contribution in [2.45, 2.75) is 45.0 Å². The van der Waals surface area contributed by atoms with Gasteiger partial charge in [0, 0.05) is 25.6 Å². The van der Waals surface area contributed by atoms with Crippen molar-refractivity contribution in [2.75, 3.05) is 39.2 Å². The van der Waals surface area contributed by atoms with Gasteiger partial charge in [-0.05, 0) is 43.6 Å². The molecule has 3 rings (SSSR count). The molecule has 9 heteroatoms. The average Bonchev–Trinajstić information content (AvgIpc) is 2.78. The minimum absolute atomic E-state index is 0.0780. The van der Waals surface area contributed by atoms with Crippen molar-refractivity contribution in [1.82, 2.24) is 4.90 Å². The van der Waals surface area contributed by atoms with E-state index in [1.165, 1.54) is 0 Å². The van der Waals surface area contributed by atoms with Crippen LogP contribution in [-0.2, 0) is 35.1 Å². The van der Waals surface area contributed by atoms with Gasteiger partial charge in [0.05, 0.1) is 19.5 Å². The van der Waals surface area contributed by atoms with E-state index in [0.29, 0.717) is 26.3 Å². The zero-order chi connectivity index (χ0) is 22.1. The monoisotopic (exact) mass is 455 g/mol. The van der Waals surface area contributed by atoms with Crippen LogP contribution >= 0.6 is 0 Å². The van der Waals surface area contributed by atoms with Crippen molar-refractivity contribution in [3.05, 3.63) is 35.9 Å². The molecule has 2 aliphatic rings. The normalized spacial score (nSPS) is 21.6. The van der Waals surface area contributed by atoms with Gasteiger partial charge in [-0.15, -0.1) is 0 Å². The summed E-state index contributed by atoms with van der Waals surface area (Å²) in [6, 6.07) is 9.58. The molecule has 2 atom stereocenters. The van der Waals surface area contributed by atoms with Gasteiger partial charge in [-0.25, -0.2) is 4.79 Å². The van der Waals surface area contributed by atoms with E-state index >= 15 is 0 Å². The van der Waals surface area contributed by atoms with Crippen molar-refractivity contribution in [2.24, 2.45) is 11.8 Å². The van der Waals surface area contributed by atoms with Gasteiger partial charge in [0.2, 0.25) is 0 Å². The summed E-state index contributed by atoms with van der Waals surface area (Å²) in [5.74, 6) is 0.117. The molecular weight excluding hydrogens is 422 g/mol. The number of nitrogens with zero attached hydrogens (tertiary/aromatic N) is 1. The number of hydrogen-bond acceptors (Lipinski definition) is 7. The van der Waals surface area contributed by atoms with E-state index in [4.69, 9.17) is 18.4 Å². The van der Waals surface area contributed by atoms with E-state index < -0.39 is 10.1 Å². The summed E-state index contributed by atoms with van der Waals surface area (Å²) in [6.07, 6.45) is 4.95. The number of rotatable bonds is 9. The van der Waals surface area contributed by atoms with Gasteiger partial charge in [0.1, 0.15) is 6.61 Å². The summed E-state index contributed by atoms with van der Waals surface area (Å²) in [6.45, 7) is 2.53. The quantitative estimate of drug-likeness (QED) is 0.528. The lowest BCUT2D eigenvalue weighted by molar-refractivity contribution is -0.174. The van der Waals surface area contributed by atoms with Crippen LogP contribution in [0.25, 0.3) is 0 Å². The number of carbonyl (C=O) groups is 1. The first-order chi connectivity index (χ1) is 14.9. The van der Waals surface area contributed by atoms with Gasteiger partial charge in [0.25, 0.3) is 10.1 Å². The highest BCUT2D eigenvalue weighted by atomic mass is 32.2. The van der Waals surface area contributed by atoms with Crippen molar-refractivity contribution in [3.8, 4) is 0 Å². The summed E-state index contributed by atoms with van der Waals surface area (Å²) >= 11 is 0. The van der Waals surface area contributed by atoms with Gasteiger partial charge >= 0.3 is 6.09 Å². The third-order valence-corrected chi connectivity index (χ3v) is 6.36. The first kappa shape index (κ1) is 24.0.